The fourth-order valence-electron chi connectivity index (χ4n) is 4.58. The molecule has 42 heavy (non-hydrogen) atoms. The van der Waals surface area contributed by atoms with E-state index in [-0.39, 0.29) is 0 Å². The van der Waals surface area contributed by atoms with Gasteiger partial charge in [-0.3, -0.25) is 14.4 Å². The Kier molecular flexibility index (Phi) is 13.5. The van der Waals surface area contributed by atoms with Crippen LogP contribution in [-0.4, -0.2) is 34.9 Å². The molecule has 0 spiro atoms. The molecule has 0 radical (unpaired) electrons. The molecule has 5 aromatic carbocycles. The second kappa shape index (κ2) is 17.1. The van der Waals surface area contributed by atoms with Crippen molar-refractivity contribution >= 4 is 93.9 Å². The molecule has 1 fully saturated rings. The summed E-state index contributed by atoms with van der Waals surface area (Å²) in [4.78, 5) is 32.1. The van der Waals surface area contributed by atoms with Crippen molar-refractivity contribution in [3.8, 4) is 5.75 Å². The van der Waals surface area contributed by atoms with Crippen molar-refractivity contribution in [2.45, 2.75) is 19.8 Å². The van der Waals surface area contributed by atoms with Crippen LogP contribution in [0, 0.1) is 0 Å². The lowest BCUT2D eigenvalue weighted by molar-refractivity contribution is 0.107. The lowest BCUT2D eigenvalue weighted by Crippen LogP contribution is -2.03. The van der Waals surface area contributed by atoms with E-state index in [1.54, 1.807) is 6.07 Å². The molecule has 0 aliphatic carbocycles. The van der Waals surface area contributed by atoms with E-state index in [0.29, 0.717) is 23.5 Å². The van der Waals surface area contributed by atoms with E-state index >= 15 is 0 Å². The molecule has 1 aliphatic heterocycles. The third-order valence-corrected chi connectivity index (χ3v) is 6.69. The van der Waals surface area contributed by atoms with Gasteiger partial charge >= 0.3 is 4.70 Å². The molecule has 6 rings (SSSR count). The lowest BCUT2D eigenvalue weighted by Gasteiger charge is -2.09. The normalized spacial score (nSPS) is 11.8. The smallest absolute Gasteiger partial charge is 0.313 e. The number of fused-ring (bicyclic) bond motifs is 3. The van der Waals surface area contributed by atoms with Crippen LogP contribution in [0.15, 0.2) is 91.0 Å². The van der Waals surface area contributed by atoms with Crippen molar-refractivity contribution in [2.24, 2.45) is 0 Å². The Hall–Kier alpha value is -3.19. The number of hydrogen-bond acceptors (Lipinski definition) is 5. The molecule has 5 aromatic rings. The molecule has 9 heteroatoms. The summed E-state index contributed by atoms with van der Waals surface area (Å²) in [5, 5.41) is 8.03. The number of ether oxygens (including phenoxy) is 1. The maximum absolute atomic E-state index is 11.6. The zero-order chi connectivity index (χ0) is 30.5. The Morgan fingerprint density at radius 2 is 1.07 bits per heavy atom. The van der Waals surface area contributed by atoms with Crippen LogP contribution in [0.5, 0.6) is 5.75 Å². The molecule has 1 N–H and O–H groups in total. The summed E-state index contributed by atoms with van der Waals surface area (Å²) >= 11 is 20.1. The van der Waals surface area contributed by atoms with Gasteiger partial charge in [0.2, 0.25) is 0 Å². The van der Waals surface area contributed by atoms with Crippen LogP contribution in [0.3, 0.4) is 0 Å². The molecule has 1 heterocycles. The van der Waals surface area contributed by atoms with E-state index in [2.05, 4.69) is 34.6 Å². The van der Waals surface area contributed by atoms with Crippen molar-refractivity contribution in [2.75, 3.05) is 19.7 Å². The Morgan fingerprint density at radius 3 is 1.48 bits per heavy atom. The maximum Gasteiger partial charge on any atom is 0.313 e. The second-order valence-corrected chi connectivity index (χ2v) is 10.6. The van der Waals surface area contributed by atoms with E-state index in [1.807, 2.05) is 85.8 Å². The highest BCUT2D eigenvalue weighted by Crippen LogP contribution is 2.30. The second-order valence-electron chi connectivity index (χ2n) is 9.02. The predicted octanol–water partition coefficient (Wildman–Crippen LogP) is 9.94. The van der Waals surface area contributed by atoms with Gasteiger partial charge < -0.3 is 10.1 Å². The minimum absolute atomic E-state index is 0.405. The van der Waals surface area contributed by atoms with Crippen molar-refractivity contribution in [1.29, 1.82) is 0 Å². The zero-order valence-electron chi connectivity index (χ0n) is 22.8. The van der Waals surface area contributed by atoms with Crippen molar-refractivity contribution < 1.29 is 19.1 Å². The van der Waals surface area contributed by atoms with Crippen LogP contribution < -0.4 is 10.1 Å². The molecule has 0 saturated carbocycles. The predicted molar refractivity (Wildman–Crippen MR) is 176 cm³/mol. The zero-order valence-corrected chi connectivity index (χ0v) is 25.9. The van der Waals surface area contributed by atoms with Crippen LogP contribution >= 0.6 is 46.4 Å². The lowest BCUT2D eigenvalue weighted by atomic mass is 9.97. The molecule has 1 aliphatic rings. The third kappa shape index (κ3) is 9.41. The first-order valence-corrected chi connectivity index (χ1v) is 14.8. The summed E-state index contributed by atoms with van der Waals surface area (Å²) in [6, 6.07) is 29.0. The minimum atomic E-state index is -0.889. The van der Waals surface area contributed by atoms with E-state index < -0.39 is 15.2 Å². The number of halogens is 4. The molecule has 0 amide bonds. The average Bonchev–Trinajstić information content (AvgIpc) is 3.56. The van der Waals surface area contributed by atoms with Crippen LogP contribution in [0.25, 0.3) is 32.3 Å². The standard InChI is InChI=1S/C15H9ClO.C13H11ClO2.C4H9N.CCl2O/c16-15(17)14-12-7-3-1-5-10(12)9-11-6-2-4-8-13(11)14;1-2-16-11-8-7-9-5-3-4-6-10(9)12(11)13(14)15;1-2-4-5-3-1;2-1(3)4/h1-9H;3-8H,2H2,1H3;5H,1-4H2;. The van der Waals surface area contributed by atoms with E-state index in [4.69, 9.17) is 32.7 Å². The molecule has 0 unspecified atom stereocenters. The largest absolute Gasteiger partial charge is 0.493 e. The highest BCUT2D eigenvalue weighted by Gasteiger charge is 2.14. The first-order chi connectivity index (χ1) is 20.2. The maximum atomic E-state index is 11.6. The quantitative estimate of drug-likeness (QED) is 0.156. The van der Waals surface area contributed by atoms with Gasteiger partial charge in [-0.2, -0.15) is 0 Å². The molecule has 1 saturated heterocycles. The summed E-state index contributed by atoms with van der Waals surface area (Å²) < 4.78 is 4.51. The fraction of sp³-hybridized carbons (Fsp3) is 0.182. The van der Waals surface area contributed by atoms with Gasteiger partial charge in [0.15, 0.2) is 0 Å². The van der Waals surface area contributed by atoms with Gasteiger partial charge in [-0.05, 0) is 124 Å². The van der Waals surface area contributed by atoms with Crippen molar-refractivity contribution in [1.82, 2.24) is 5.32 Å². The van der Waals surface area contributed by atoms with Gasteiger partial charge in [-0.1, -0.05) is 78.9 Å². The van der Waals surface area contributed by atoms with Gasteiger partial charge in [-0.25, -0.2) is 0 Å². The molecular weight excluding hydrogens is 616 g/mol. The molecule has 0 atom stereocenters. The molecule has 218 valence electrons. The Balaban J connectivity index is 0.000000179. The fourth-order valence-corrected chi connectivity index (χ4v) is 4.98. The van der Waals surface area contributed by atoms with Crippen LogP contribution in [-0.2, 0) is 0 Å². The summed E-state index contributed by atoms with van der Waals surface area (Å²) in [6.07, 6.45) is 2.78. The van der Waals surface area contributed by atoms with Gasteiger partial charge in [0.05, 0.1) is 12.2 Å². The molecule has 0 aromatic heterocycles. The summed E-state index contributed by atoms with van der Waals surface area (Å²) in [7, 11) is 0. The van der Waals surface area contributed by atoms with Crippen molar-refractivity contribution in [3.05, 3.63) is 102 Å². The van der Waals surface area contributed by atoms with Crippen LogP contribution in [0.1, 0.15) is 40.5 Å². The number of nitrogens with one attached hydrogen (secondary N) is 1. The topological polar surface area (TPSA) is 72.5 Å². The Labute approximate surface area is 264 Å². The minimum Gasteiger partial charge on any atom is -0.493 e. The SMILES string of the molecule is C1CCNC1.CCOc1ccc2ccccc2c1C(=O)Cl.O=C(Cl)Cl.O=C(Cl)c1c2ccccc2cc2ccccc12. The van der Waals surface area contributed by atoms with Crippen LogP contribution in [0.2, 0.25) is 0 Å². The van der Waals surface area contributed by atoms with Crippen LogP contribution in [0.4, 0.5) is 4.79 Å². The summed E-state index contributed by atoms with van der Waals surface area (Å²) in [6.45, 7) is 4.88. The summed E-state index contributed by atoms with van der Waals surface area (Å²) in [5.41, 5.74) is 1.04. The van der Waals surface area contributed by atoms with Gasteiger partial charge in [-0.15, -0.1) is 0 Å². The highest BCUT2D eigenvalue weighted by atomic mass is 35.5. The van der Waals surface area contributed by atoms with E-state index in [1.165, 1.54) is 25.9 Å². The molecular formula is C33H29Cl4NO4. The number of carbonyl (C=O) groups is 3. The summed E-state index contributed by atoms with van der Waals surface area (Å²) in [5.74, 6) is 0.543. The molecule has 0 bridgehead atoms. The Bertz CT molecular complexity index is 1620. The highest BCUT2D eigenvalue weighted by molar-refractivity contribution is 6.93. The Morgan fingerprint density at radius 1 is 0.643 bits per heavy atom. The first kappa shape index (κ1) is 33.3. The van der Waals surface area contributed by atoms with Gasteiger partial charge in [0.25, 0.3) is 10.5 Å². The van der Waals surface area contributed by atoms with Gasteiger partial charge in [0, 0.05) is 5.56 Å². The monoisotopic (exact) mass is 643 g/mol. The van der Waals surface area contributed by atoms with Crippen molar-refractivity contribution in [3.63, 3.8) is 0 Å². The average molecular weight is 645 g/mol. The van der Waals surface area contributed by atoms with E-state index in [0.717, 1.165) is 32.3 Å². The first-order valence-electron chi connectivity index (χ1n) is 13.2. The molecule has 5 nitrogen and oxygen atoms in total. The van der Waals surface area contributed by atoms with E-state index in [9.17, 15) is 9.59 Å². The number of rotatable bonds is 4. The number of carbonyl (C=O) groups excluding carboxylic acids is 3. The number of hydrogen-bond donors (Lipinski definition) is 1. The van der Waals surface area contributed by atoms with Gasteiger partial charge in [0.1, 0.15) is 5.75 Å². The number of benzene rings is 5. The third-order valence-electron chi connectivity index (χ3n) is 6.31.